The number of nitrogens with zero attached hydrogens (tertiary/aromatic N) is 4. The Morgan fingerprint density at radius 1 is 1.14 bits per heavy atom. The van der Waals surface area contributed by atoms with Crippen LogP contribution >= 0.6 is 0 Å². The number of nitrogens with one attached hydrogen (secondary N) is 1. The minimum atomic E-state index is -0.908. The van der Waals surface area contributed by atoms with Crippen molar-refractivity contribution in [2.24, 2.45) is 0 Å². The first-order valence-electron chi connectivity index (χ1n) is 12.2. The molecule has 0 fully saturated rings. The molecule has 36 heavy (non-hydrogen) atoms. The molecule has 3 N–H and O–H groups in total. The number of rotatable bonds is 12. The van der Waals surface area contributed by atoms with Crippen LogP contribution in [0.2, 0.25) is 0 Å². The molecular weight excluding hydrogens is 462 g/mol. The average Bonchev–Trinajstić information content (AvgIpc) is 3.40. The summed E-state index contributed by atoms with van der Waals surface area (Å²) in [6, 6.07) is 7.80. The quantitative estimate of drug-likeness (QED) is 0.345. The average molecular weight is 498 g/mol. The van der Waals surface area contributed by atoms with Crippen molar-refractivity contribution in [2.45, 2.75) is 46.6 Å². The summed E-state index contributed by atoms with van der Waals surface area (Å²) in [4.78, 5) is 22.6. The SMILES string of the molecule is CCc1cc(-c2nc(-c3cc(C)c(OC[C@@H](O)CNC(=O)CO)c(CC)c3)no2)cc(N(C)CC)n1. The van der Waals surface area contributed by atoms with Crippen LogP contribution in [0.3, 0.4) is 0 Å². The van der Waals surface area contributed by atoms with E-state index in [1.54, 1.807) is 0 Å². The second-order valence-electron chi connectivity index (χ2n) is 8.56. The van der Waals surface area contributed by atoms with Gasteiger partial charge in [0.05, 0.1) is 0 Å². The largest absolute Gasteiger partial charge is 0.490 e. The number of aliphatic hydroxyl groups is 2. The summed E-state index contributed by atoms with van der Waals surface area (Å²) in [5, 5.41) is 25.5. The molecule has 10 nitrogen and oxygen atoms in total. The Kier molecular flexibility index (Phi) is 9.38. The number of benzene rings is 1. The van der Waals surface area contributed by atoms with Gasteiger partial charge in [-0.1, -0.05) is 19.0 Å². The van der Waals surface area contributed by atoms with Crippen molar-refractivity contribution in [3.8, 4) is 28.6 Å². The number of carbonyl (C=O) groups is 1. The van der Waals surface area contributed by atoms with E-state index >= 15 is 0 Å². The summed E-state index contributed by atoms with van der Waals surface area (Å²) in [6.45, 7) is 8.27. The van der Waals surface area contributed by atoms with Crippen LogP contribution in [-0.4, -0.2) is 70.7 Å². The van der Waals surface area contributed by atoms with Crippen molar-refractivity contribution < 1.29 is 24.3 Å². The first kappa shape index (κ1) is 27.1. The molecule has 0 spiro atoms. The van der Waals surface area contributed by atoms with Gasteiger partial charge in [0.25, 0.3) is 5.89 Å². The maximum absolute atomic E-state index is 11.2. The van der Waals surface area contributed by atoms with E-state index in [1.165, 1.54) is 0 Å². The van der Waals surface area contributed by atoms with E-state index in [-0.39, 0.29) is 13.2 Å². The van der Waals surface area contributed by atoms with Crippen LogP contribution in [0.4, 0.5) is 5.82 Å². The van der Waals surface area contributed by atoms with E-state index in [4.69, 9.17) is 14.4 Å². The Morgan fingerprint density at radius 3 is 2.58 bits per heavy atom. The van der Waals surface area contributed by atoms with Crippen molar-refractivity contribution in [2.75, 3.05) is 38.3 Å². The third-order valence-electron chi connectivity index (χ3n) is 5.85. The van der Waals surface area contributed by atoms with Crippen LogP contribution in [0.5, 0.6) is 5.75 Å². The zero-order chi connectivity index (χ0) is 26.2. The van der Waals surface area contributed by atoms with Crippen LogP contribution in [0.25, 0.3) is 22.8 Å². The van der Waals surface area contributed by atoms with Gasteiger partial charge < -0.3 is 29.7 Å². The predicted octanol–water partition coefficient (Wildman–Crippen LogP) is 2.54. The molecule has 0 bridgehead atoms. The molecule has 0 aliphatic carbocycles. The van der Waals surface area contributed by atoms with Crippen LogP contribution in [0.1, 0.15) is 37.6 Å². The number of ether oxygens (including phenoxy) is 1. The van der Waals surface area contributed by atoms with Crippen molar-refractivity contribution >= 4 is 11.7 Å². The van der Waals surface area contributed by atoms with E-state index in [0.29, 0.717) is 23.9 Å². The molecule has 0 unspecified atom stereocenters. The molecule has 194 valence electrons. The Balaban J connectivity index is 1.82. The summed E-state index contributed by atoms with van der Waals surface area (Å²) in [7, 11) is 1.99. The van der Waals surface area contributed by atoms with Crippen LogP contribution in [-0.2, 0) is 17.6 Å². The Bertz CT molecular complexity index is 1180. The summed E-state index contributed by atoms with van der Waals surface area (Å²) in [5.41, 5.74) is 4.38. The molecule has 0 saturated carbocycles. The molecule has 2 heterocycles. The number of hydrogen-bond acceptors (Lipinski definition) is 9. The molecule has 3 aromatic rings. The summed E-state index contributed by atoms with van der Waals surface area (Å²) < 4.78 is 11.5. The molecule has 0 saturated heterocycles. The third-order valence-corrected chi connectivity index (χ3v) is 5.85. The van der Waals surface area contributed by atoms with Crippen LogP contribution in [0.15, 0.2) is 28.8 Å². The van der Waals surface area contributed by atoms with Crippen LogP contribution in [0, 0.1) is 6.92 Å². The molecule has 1 aromatic carbocycles. The normalized spacial score (nSPS) is 11.9. The van der Waals surface area contributed by atoms with E-state index < -0.39 is 18.6 Å². The maximum Gasteiger partial charge on any atom is 0.258 e. The lowest BCUT2D eigenvalue weighted by molar-refractivity contribution is -0.124. The molecular formula is C26H35N5O5. The number of pyridine rings is 1. The lowest BCUT2D eigenvalue weighted by atomic mass is 10.0. The van der Waals surface area contributed by atoms with Gasteiger partial charge in [-0.05, 0) is 62.1 Å². The highest BCUT2D eigenvalue weighted by Crippen LogP contribution is 2.32. The van der Waals surface area contributed by atoms with E-state index in [9.17, 15) is 9.90 Å². The van der Waals surface area contributed by atoms with Gasteiger partial charge in [-0.3, -0.25) is 4.79 Å². The van der Waals surface area contributed by atoms with Crippen LogP contribution < -0.4 is 15.0 Å². The van der Waals surface area contributed by atoms with Gasteiger partial charge in [-0.25, -0.2) is 4.98 Å². The summed E-state index contributed by atoms with van der Waals surface area (Å²) >= 11 is 0. The van der Waals surface area contributed by atoms with Crippen molar-refractivity contribution in [1.82, 2.24) is 20.4 Å². The van der Waals surface area contributed by atoms with Gasteiger partial charge in [0.1, 0.15) is 30.9 Å². The second kappa shape index (κ2) is 12.5. The van der Waals surface area contributed by atoms with Gasteiger partial charge in [-0.2, -0.15) is 4.98 Å². The highest BCUT2D eigenvalue weighted by atomic mass is 16.5. The Morgan fingerprint density at radius 2 is 1.92 bits per heavy atom. The Hall–Kier alpha value is -3.50. The second-order valence-corrected chi connectivity index (χ2v) is 8.56. The van der Waals surface area contributed by atoms with Gasteiger partial charge in [0.15, 0.2) is 0 Å². The monoisotopic (exact) mass is 497 g/mol. The fourth-order valence-electron chi connectivity index (χ4n) is 3.66. The van der Waals surface area contributed by atoms with Gasteiger partial charge in [0.2, 0.25) is 11.7 Å². The molecule has 2 aromatic heterocycles. The van der Waals surface area contributed by atoms with Gasteiger partial charge >= 0.3 is 0 Å². The van der Waals surface area contributed by atoms with E-state index in [2.05, 4.69) is 39.2 Å². The summed E-state index contributed by atoms with van der Waals surface area (Å²) in [6.07, 6.45) is 0.583. The smallest absolute Gasteiger partial charge is 0.258 e. The standard InChI is InChI=1S/C26H35N5O5/c1-6-17-10-18(9-16(4)24(17)35-15-21(33)13-27-23(34)14-32)25-29-26(36-30-25)19-11-20(7-2)28-22(12-19)31(5)8-3/h9-12,21,32-33H,6-8,13-15H2,1-5H3,(H,27,34)/t21-/m0/s1. The predicted molar refractivity (Wildman–Crippen MR) is 137 cm³/mol. The number of hydrogen-bond donors (Lipinski definition) is 3. The lowest BCUT2D eigenvalue weighted by Gasteiger charge is -2.17. The van der Waals surface area contributed by atoms with Crippen molar-refractivity contribution in [3.63, 3.8) is 0 Å². The van der Waals surface area contributed by atoms with E-state index in [0.717, 1.165) is 46.7 Å². The summed E-state index contributed by atoms with van der Waals surface area (Å²) in [5.74, 6) is 1.88. The first-order valence-corrected chi connectivity index (χ1v) is 12.2. The number of carbonyl (C=O) groups excluding carboxylic acids is 1. The minimum absolute atomic E-state index is 0.00159. The topological polar surface area (TPSA) is 134 Å². The minimum Gasteiger partial charge on any atom is -0.490 e. The number of aryl methyl sites for hydroxylation is 3. The molecule has 1 amide bonds. The molecule has 0 aliphatic rings. The number of aliphatic hydroxyl groups excluding tert-OH is 2. The molecule has 10 heteroatoms. The van der Waals surface area contributed by atoms with Gasteiger partial charge in [-0.15, -0.1) is 0 Å². The highest BCUT2D eigenvalue weighted by Gasteiger charge is 2.17. The Labute approximate surface area is 211 Å². The van der Waals surface area contributed by atoms with Gasteiger partial charge in [0, 0.05) is 37.0 Å². The maximum atomic E-state index is 11.2. The zero-order valence-electron chi connectivity index (χ0n) is 21.5. The number of amides is 1. The number of aromatic nitrogens is 3. The van der Waals surface area contributed by atoms with Crippen molar-refractivity contribution in [1.29, 1.82) is 0 Å². The molecule has 0 radical (unpaired) electrons. The molecule has 3 rings (SSSR count). The fraction of sp³-hybridized carbons (Fsp3) is 0.462. The number of anilines is 1. The fourth-order valence-corrected chi connectivity index (χ4v) is 3.66. The zero-order valence-corrected chi connectivity index (χ0v) is 21.5. The van der Waals surface area contributed by atoms with Crippen molar-refractivity contribution in [3.05, 3.63) is 41.1 Å². The molecule has 1 atom stereocenters. The lowest BCUT2D eigenvalue weighted by Crippen LogP contribution is -2.36. The van der Waals surface area contributed by atoms with E-state index in [1.807, 2.05) is 45.2 Å². The first-order chi connectivity index (χ1) is 17.3. The highest BCUT2D eigenvalue weighted by molar-refractivity contribution is 5.76. The third kappa shape index (κ3) is 6.58. The molecule has 0 aliphatic heterocycles.